The van der Waals surface area contributed by atoms with Crippen LogP contribution in [0.25, 0.3) is 0 Å². The number of nitrogens with zero attached hydrogens (tertiary/aromatic N) is 2. The lowest BCUT2D eigenvalue weighted by atomic mass is 10.0. The Morgan fingerprint density at radius 2 is 1.86 bits per heavy atom. The number of amides is 2. The van der Waals surface area contributed by atoms with E-state index in [0.29, 0.717) is 19.5 Å². The summed E-state index contributed by atoms with van der Waals surface area (Å²) in [5.74, 6) is -0.0202. The molecule has 2 heterocycles. The molecule has 5 nitrogen and oxygen atoms in total. The topological polar surface area (TPSA) is 49.9 Å². The number of hydrogen-bond donors (Lipinski definition) is 0. The van der Waals surface area contributed by atoms with Gasteiger partial charge in [-0.2, -0.15) is 0 Å². The monoisotopic (exact) mass is 378 g/mol. The summed E-state index contributed by atoms with van der Waals surface area (Å²) in [5.41, 5.74) is 3.08. The molecular formula is C23H26N2O3. The van der Waals surface area contributed by atoms with Crippen molar-refractivity contribution in [3.63, 3.8) is 0 Å². The van der Waals surface area contributed by atoms with Crippen molar-refractivity contribution in [3.05, 3.63) is 65.7 Å². The Morgan fingerprint density at radius 3 is 2.64 bits per heavy atom. The summed E-state index contributed by atoms with van der Waals surface area (Å²) in [7, 11) is 0. The quantitative estimate of drug-likeness (QED) is 0.776. The second-order valence-corrected chi connectivity index (χ2v) is 7.50. The highest BCUT2D eigenvalue weighted by Crippen LogP contribution is 2.27. The van der Waals surface area contributed by atoms with Crippen LogP contribution in [0.3, 0.4) is 0 Å². The van der Waals surface area contributed by atoms with Gasteiger partial charge in [0.2, 0.25) is 11.8 Å². The van der Waals surface area contributed by atoms with Gasteiger partial charge in [-0.15, -0.1) is 0 Å². The van der Waals surface area contributed by atoms with Crippen molar-refractivity contribution in [2.75, 3.05) is 24.6 Å². The van der Waals surface area contributed by atoms with Crippen LogP contribution in [0.1, 0.15) is 30.4 Å². The van der Waals surface area contributed by atoms with Crippen molar-refractivity contribution in [2.45, 2.75) is 38.3 Å². The summed E-state index contributed by atoms with van der Waals surface area (Å²) < 4.78 is 5.76. The molecule has 5 heteroatoms. The van der Waals surface area contributed by atoms with Crippen molar-refractivity contribution in [3.8, 4) is 0 Å². The molecule has 0 saturated carbocycles. The molecule has 0 N–H and O–H groups in total. The zero-order valence-electron chi connectivity index (χ0n) is 16.0. The van der Waals surface area contributed by atoms with Crippen molar-refractivity contribution in [1.82, 2.24) is 4.90 Å². The normalized spacial score (nSPS) is 18.8. The first-order valence-electron chi connectivity index (χ1n) is 10.0. The second kappa shape index (κ2) is 8.57. The molecule has 0 unspecified atom stereocenters. The number of carbonyl (C=O) groups is 2. The van der Waals surface area contributed by atoms with E-state index in [2.05, 4.69) is 0 Å². The van der Waals surface area contributed by atoms with E-state index < -0.39 is 0 Å². The molecule has 2 amide bonds. The molecule has 0 bridgehead atoms. The number of ether oxygens (including phenoxy) is 1. The SMILES string of the molecule is O=C(CN1C(=O)CCc2ccccc21)N(Cc1ccccc1)C[C@@H]1CCCO1. The smallest absolute Gasteiger partial charge is 0.243 e. The van der Waals surface area contributed by atoms with Crippen LogP contribution in [-0.2, 0) is 27.3 Å². The van der Waals surface area contributed by atoms with Crippen LogP contribution in [0.2, 0.25) is 0 Å². The van der Waals surface area contributed by atoms with Crippen molar-refractivity contribution in [2.24, 2.45) is 0 Å². The number of carbonyl (C=O) groups excluding carboxylic acids is 2. The van der Waals surface area contributed by atoms with E-state index in [9.17, 15) is 9.59 Å². The molecule has 1 saturated heterocycles. The van der Waals surface area contributed by atoms with E-state index in [1.54, 1.807) is 4.90 Å². The molecule has 2 aliphatic heterocycles. The Balaban J connectivity index is 1.52. The molecule has 146 valence electrons. The highest BCUT2D eigenvalue weighted by atomic mass is 16.5. The van der Waals surface area contributed by atoms with Gasteiger partial charge in [0.05, 0.1) is 6.10 Å². The van der Waals surface area contributed by atoms with Gasteiger partial charge < -0.3 is 14.5 Å². The largest absolute Gasteiger partial charge is 0.376 e. The summed E-state index contributed by atoms with van der Waals surface area (Å²) >= 11 is 0. The number of rotatable bonds is 6. The minimum Gasteiger partial charge on any atom is -0.376 e. The number of hydrogen-bond acceptors (Lipinski definition) is 3. The molecule has 2 aromatic carbocycles. The standard InChI is InChI=1S/C23H26N2O3/c26-22-13-12-19-9-4-5-11-21(19)25(22)17-23(27)24(16-20-10-6-14-28-20)15-18-7-2-1-3-8-18/h1-5,7-9,11,20H,6,10,12-17H2/t20-/m0/s1. The molecular weight excluding hydrogens is 352 g/mol. The number of benzene rings is 2. The maximum Gasteiger partial charge on any atom is 0.243 e. The van der Waals surface area contributed by atoms with Crippen LogP contribution in [0.5, 0.6) is 0 Å². The fourth-order valence-corrected chi connectivity index (χ4v) is 4.00. The molecule has 2 aromatic rings. The molecule has 1 fully saturated rings. The van der Waals surface area contributed by atoms with Crippen LogP contribution < -0.4 is 4.90 Å². The number of aryl methyl sites for hydroxylation is 1. The Morgan fingerprint density at radius 1 is 1.07 bits per heavy atom. The summed E-state index contributed by atoms with van der Waals surface area (Å²) in [6, 6.07) is 17.8. The fourth-order valence-electron chi connectivity index (χ4n) is 4.00. The first-order valence-corrected chi connectivity index (χ1v) is 10.0. The van der Waals surface area contributed by atoms with Gasteiger partial charge in [-0.3, -0.25) is 9.59 Å². The third-order valence-corrected chi connectivity index (χ3v) is 5.50. The predicted octanol–water partition coefficient (Wildman–Crippen LogP) is 3.17. The van der Waals surface area contributed by atoms with Crippen molar-refractivity contribution >= 4 is 17.5 Å². The van der Waals surface area contributed by atoms with Gasteiger partial charge in [0.15, 0.2) is 0 Å². The number of fused-ring (bicyclic) bond motifs is 1. The molecule has 1 atom stereocenters. The summed E-state index contributed by atoms with van der Waals surface area (Å²) in [6.45, 7) is 1.94. The Labute approximate surface area is 165 Å². The van der Waals surface area contributed by atoms with Gasteiger partial charge in [0, 0.05) is 31.8 Å². The van der Waals surface area contributed by atoms with Gasteiger partial charge in [-0.05, 0) is 36.5 Å². The zero-order chi connectivity index (χ0) is 19.3. The van der Waals surface area contributed by atoms with E-state index in [0.717, 1.165) is 42.7 Å². The average Bonchev–Trinajstić information content (AvgIpc) is 3.23. The van der Waals surface area contributed by atoms with E-state index in [4.69, 9.17) is 4.74 Å². The summed E-state index contributed by atoms with van der Waals surface area (Å²) in [4.78, 5) is 29.3. The lowest BCUT2D eigenvalue weighted by Gasteiger charge is -2.32. The maximum absolute atomic E-state index is 13.2. The zero-order valence-corrected chi connectivity index (χ0v) is 16.0. The Kier molecular flexibility index (Phi) is 5.72. The van der Waals surface area contributed by atoms with Gasteiger partial charge in [0.25, 0.3) is 0 Å². The minimum absolute atomic E-state index is 0.0174. The van der Waals surface area contributed by atoms with Gasteiger partial charge >= 0.3 is 0 Å². The Bertz CT molecular complexity index is 831. The highest BCUT2D eigenvalue weighted by Gasteiger charge is 2.29. The molecule has 0 spiro atoms. The van der Waals surface area contributed by atoms with Crippen LogP contribution in [0.4, 0.5) is 5.69 Å². The van der Waals surface area contributed by atoms with Crippen LogP contribution >= 0.6 is 0 Å². The predicted molar refractivity (Wildman–Crippen MR) is 108 cm³/mol. The van der Waals surface area contributed by atoms with Gasteiger partial charge in [0.1, 0.15) is 6.54 Å². The van der Waals surface area contributed by atoms with E-state index >= 15 is 0 Å². The number of anilines is 1. The van der Waals surface area contributed by atoms with Crippen LogP contribution in [0.15, 0.2) is 54.6 Å². The van der Waals surface area contributed by atoms with E-state index in [1.165, 1.54) is 0 Å². The van der Waals surface area contributed by atoms with Crippen molar-refractivity contribution < 1.29 is 14.3 Å². The van der Waals surface area contributed by atoms with E-state index in [-0.39, 0.29) is 24.5 Å². The molecule has 4 rings (SSSR count). The van der Waals surface area contributed by atoms with Crippen molar-refractivity contribution in [1.29, 1.82) is 0 Å². The Hall–Kier alpha value is -2.66. The van der Waals surface area contributed by atoms with Crippen LogP contribution in [0, 0.1) is 0 Å². The number of para-hydroxylation sites is 1. The van der Waals surface area contributed by atoms with Gasteiger partial charge in [-0.1, -0.05) is 48.5 Å². The second-order valence-electron chi connectivity index (χ2n) is 7.50. The lowest BCUT2D eigenvalue weighted by molar-refractivity contribution is -0.133. The lowest BCUT2D eigenvalue weighted by Crippen LogP contribution is -2.46. The average molecular weight is 378 g/mol. The third kappa shape index (κ3) is 4.25. The fraction of sp³-hybridized carbons (Fsp3) is 0.391. The highest BCUT2D eigenvalue weighted by molar-refractivity contribution is 6.01. The first-order chi connectivity index (χ1) is 13.7. The minimum atomic E-state index is -0.0376. The molecule has 0 aromatic heterocycles. The summed E-state index contributed by atoms with van der Waals surface area (Å²) in [5, 5.41) is 0. The molecule has 2 aliphatic rings. The van der Waals surface area contributed by atoms with E-state index in [1.807, 2.05) is 59.5 Å². The first kappa shape index (κ1) is 18.7. The van der Waals surface area contributed by atoms with Crippen LogP contribution in [-0.4, -0.2) is 42.5 Å². The van der Waals surface area contributed by atoms with Gasteiger partial charge in [-0.25, -0.2) is 0 Å². The molecule has 28 heavy (non-hydrogen) atoms. The maximum atomic E-state index is 13.2. The molecule has 0 radical (unpaired) electrons. The summed E-state index contributed by atoms with van der Waals surface area (Å²) in [6.07, 6.45) is 3.29. The molecule has 0 aliphatic carbocycles. The third-order valence-electron chi connectivity index (χ3n) is 5.50.